The summed E-state index contributed by atoms with van der Waals surface area (Å²) < 4.78 is 39.3. The van der Waals surface area contributed by atoms with Crippen LogP contribution in [0, 0.1) is 0 Å². The van der Waals surface area contributed by atoms with Crippen molar-refractivity contribution >= 4 is 12.0 Å². The summed E-state index contributed by atoms with van der Waals surface area (Å²) >= 11 is 0. The summed E-state index contributed by atoms with van der Waals surface area (Å²) in [5.74, 6) is -0.327. The third-order valence-electron chi connectivity index (χ3n) is 3.97. The number of carbonyl (C=O) groups is 1. The molecular weight excluding hydrogens is 369 g/mol. The minimum absolute atomic E-state index is 0.327. The van der Waals surface area contributed by atoms with E-state index in [1.807, 2.05) is 24.3 Å². The van der Waals surface area contributed by atoms with Gasteiger partial charge >= 0.3 is 6.18 Å². The first-order valence-corrected chi connectivity index (χ1v) is 8.43. The molecule has 3 aromatic rings. The van der Waals surface area contributed by atoms with Crippen LogP contribution in [0.15, 0.2) is 67.3 Å². The summed E-state index contributed by atoms with van der Waals surface area (Å²) in [5, 5.41) is 6.78. The van der Waals surface area contributed by atoms with E-state index >= 15 is 0 Å². The topological polar surface area (TPSA) is 59.8 Å². The maximum Gasteiger partial charge on any atom is 0.416 e. The van der Waals surface area contributed by atoms with Crippen molar-refractivity contribution in [1.29, 1.82) is 0 Å². The van der Waals surface area contributed by atoms with Gasteiger partial charge in [0.15, 0.2) is 0 Å². The van der Waals surface area contributed by atoms with Crippen molar-refractivity contribution in [1.82, 2.24) is 20.1 Å². The van der Waals surface area contributed by atoms with Gasteiger partial charge in [-0.25, -0.2) is 9.67 Å². The molecule has 3 rings (SSSR count). The SMILES string of the molecule is O=C(/C=C/c1ccc(C(F)(F)F)cc1)NCc1ccc(Cn2cncn2)cc1. The molecular formula is C20H17F3N4O. The smallest absolute Gasteiger partial charge is 0.348 e. The number of nitrogens with zero attached hydrogens (tertiary/aromatic N) is 3. The van der Waals surface area contributed by atoms with Crippen molar-refractivity contribution in [3.05, 3.63) is 89.5 Å². The van der Waals surface area contributed by atoms with Gasteiger partial charge in [0.1, 0.15) is 12.7 Å². The second kappa shape index (κ2) is 8.51. The van der Waals surface area contributed by atoms with Crippen molar-refractivity contribution in [2.24, 2.45) is 0 Å². The Hall–Kier alpha value is -3.42. The van der Waals surface area contributed by atoms with Gasteiger partial charge < -0.3 is 5.32 Å². The number of carbonyl (C=O) groups excluding carboxylic acids is 1. The Bertz CT molecular complexity index is 931. The molecule has 0 saturated heterocycles. The van der Waals surface area contributed by atoms with Crippen LogP contribution < -0.4 is 5.32 Å². The summed E-state index contributed by atoms with van der Waals surface area (Å²) in [4.78, 5) is 15.8. The number of halogens is 3. The molecule has 1 aromatic heterocycles. The fourth-order valence-corrected chi connectivity index (χ4v) is 2.47. The minimum atomic E-state index is -4.37. The van der Waals surface area contributed by atoms with Gasteiger partial charge in [-0.1, -0.05) is 36.4 Å². The normalized spacial score (nSPS) is 11.7. The first-order valence-electron chi connectivity index (χ1n) is 8.43. The van der Waals surface area contributed by atoms with E-state index in [4.69, 9.17) is 0 Å². The van der Waals surface area contributed by atoms with Crippen molar-refractivity contribution in [2.75, 3.05) is 0 Å². The Morgan fingerprint density at radius 3 is 2.32 bits per heavy atom. The van der Waals surface area contributed by atoms with Crippen molar-refractivity contribution < 1.29 is 18.0 Å². The third kappa shape index (κ3) is 5.54. The van der Waals surface area contributed by atoms with Gasteiger partial charge in [-0.2, -0.15) is 18.3 Å². The first kappa shape index (κ1) is 19.3. The van der Waals surface area contributed by atoms with Crippen LogP contribution in [0.25, 0.3) is 6.08 Å². The zero-order valence-electron chi connectivity index (χ0n) is 14.7. The minimum Gasteiger partial charge on any atom is -0.348 e. The van der Waals surface area contributed by atoms with E-state index in [2.05, 4.69) is 15.4 Å². The highest BCUT2D eigenvalue weighted by Gasteiger charge is 2.29. The largest absolute Gasteiger partial charge is 0.416 e. The third-order valence-corrected chi connectivity index (χ3v) is 3.97. The Labute approximate surface area is 159 Å². The molecule has 28 heavy (non-hydrogen) atoms. The molecule has 1 N–H and O–H groups in total. The lowest BCUT2D eigenvalue weighted by atomic mass is 10.1. The van der Waals surface area contributed by atoms with E-state index in [0.717, 1.165) is 23.3 Å². The number of hydrogen-bond acceptors (Lipinski definition) is 3. The first-order chi connectivity index (χ1) is 13.4. The molecule has 8 heteroatoms. The molecule has 0 aliphatic heterocycles. The molecule has 0 spiro atoms. The number of aromatic nitrogens is 3. The van der Waals surface area contributed by atoms with Gasteiger partial charge in [0.25, 0.3) is 0 Å². The van der Waals surface area contributed by atoms with Crippen molar-refractivity contribution in [3.63, 3.8) is 0 Å². The predicted molar refractivity (Wildman–Crippen MR) is 97.9 cm³/mol. The lowest BCUT2D eigenvalue weighted by Crippen LogP contribution is -2.20. The van der Waals surface area contributed by atoms with Gasteiger partial charge in [0, 0.05) is 12.6 Å². The summed E-state index contributed by atoms with van der Waals surface area (Å²) in [6, 6.07) is 12.3. The number of benzene rings is 2. The van der Waals surface area contributed by atoms with Gasteiger partial charge in [-0.3, -0.25) is 4.79 Å². The molecule has 1 heterocycles. The zero-order chi connectivity index (χ0) is 20.0. The number of nitrogens with one attached hydrogen (secondary N) is 1. The van der Waals surface area contributed by atoms with E-state index in [1.165, 1.54) is 30.6 Å². The Morgan fingerprint density at radius 1 is 1.04 bits per heavy atom. The molecule has 0 aliphatic carbocycles. The lowest BCUT2D eigenvalue weighted by molar-refractivity contribution is -0.137. The Morgan fingerprint density at radius 2 is 1.71 bits per heavy atom. The number of alkyl halides is 3. The van der Waals surface area contributed by atoms with Crippen molar-refractivity contribution in [3.8, 4) is 0 Å². The van der Waals surface area contributed by atoms with Gasteiger partial charge in [0.05, 0.1) is 12.1 Å². The number of rotatable bonds is 6. The Balaban J connectivity index is 1.49. The van der Waals surface area contributed by atoms with Gasteiger partial charge in [-0.15, -0.1) is 0 Å². The molecule has 0 radical (unpaired) electrons. The molecule has 1 amide bonds. The second-order valence-electron chi connectivity index (χ2n) is 6.08. The summed E-state index contributed by atoms with van der Waals surface area (Å²) in [6.07, 6.45) is 1.50. The van der Waals surface area contributed by atoms with Crippen LogP contribution in [0.2, 0.25) is 0 Å². The van der Waals surface area contributed by atoms with Crippen LogP contribution in [-0.4, -0.2) is 20.7 Å². The van der Waals surface area contributed by atoms with E-state index in [9.17, 15) is 18.0 Å². The summed E-state index contributed by atoms with van der Waals surface area (Å²) in [5.41, 5.74) is 1.78. The van der Waals surface area contributed by atoms with Crippen molar-refractivity contribution in [2.45, 2.75) is 19.3 Å². The van der Waals surface area contributed by atoms with E-state index in [0.29, 0.717) is 18.7 Å². The van der Waals surface area contributed by atoms with Crippen LogP contribution in [0.3, 0.4) is 0 Å². The summed E-state index contributed by atoms with van der Waals surface area (Å²) in [7, 11) is 0. The molecule has 2 aromatic carbocycles. The Kier molecular flexibility index (Phi) is 5.88. The lowest BCUT2D eigenvalue weighted by Gasteiger charge is -2.06. The van der Waals surface area contributed by atoms with E-state index in [1.54, 1.807) is 11.0 Å². The zero-order valence-corrected chi connectivity index (χ0v) is 14.7. The maximum atomic E-state index is 12.5. The van der Waals surface area contributed by atoms with E-state index < -0.39 is 11.7 Å². The highest BCUT2D eigenvalue weighted by Crippen LogP contribution is 2.29. The van der Waals surface area contributed by atoms with Crippen LogP contribution in [0.1, 0.15) is 22.3 Å². The second-order valence-corrected chi connectivity index (χ2v) is 6.08. The number of hydrogen-bond donors (Lipinski definition) is 1. The molecule has 0 aliphatic rings. The molecule has 0 fully saturated rings. The molecule has 0 saturated carbocycles. The standard InChI is InChI=1S/C20H17F3N4O/c21-20(22,23)18-8-5-15(6-9-18)7-10-19(28)25-11-16-1-3-17(4-2-16)12-27-14-24-13-26-27/h1-10,13-14H,11-12H2,(H,25,28)/b10-7+. The highest BCUT2D eigenvalue weighted by atomic mass is 19.4. The maximum absolute atomic E-state index is 12.5. The van der Waals surface area contributed by atoms with Crippen LogP contribution >= 0.6 is 0 Å². The fourth-order valence-electron chi connectivity index (χ4n) is 2.47. The van der Waals surface area contributed by atoms with Gasteiger partial charge in [0.2, 0.25) is 5.91 Å². The predicted octanol–water partition coefficient (Wildman–Crippen LogP) is 3.67. The van der Waals surface area contributed by atoms with Gasteiger partial charge in [-0.05, 0) is 34.9 Å². The molecule has 0 unspecified atom stereocenters. The van der Waals surface area contributed by atoms with Crippen LogP contribution in [0.5, 0.6) is 0 Å². The number of amides is 1. The molecule has 144 valence electrons. The van der Waals surface area contributed by atoms with E-state index in [-0.39, 0.29) is 5.91 Å². The fraction of sp³-hybridized carbons (Fsp3) is 0.150. The quantitative estimate of drug-likeness (QED) is 0.658. The highest BCUT2D eigenvalue weighted by molar-refractivity contribution is 5.91. The van der Waals surface area contributed by atoms with Crippen LogP contribution in [-0.2, 0) is 24.1 Å². The average Bonchev–Trinajstić information content (AvgIpc) is 3.18. The molecule has 5 nitrogen and oxygen atoms in total. The summed E-state index contributed by atoms with van der Waals surface area (Å²) in [6.45, 7) is 0.961. The average molecular weight is 386 g/mol. The molecule has 0 bridgehead atoms. The molecule has 0 atom stereocenters. The monoisotopic (exact) mass is 386 g/mol. The van der Waals surface area contributed by atoms with Crippen LogP contribution in [0.4, 0.5) is 13.2 Å².